The zero-order valence-electron chi connectivity index (χ0n) is 6.04. The Morgan fingerprint density at radius 1 is 1.73 bits per heavy atom. The van der Waals surface area contributed by atoms with Crippen molar-refractivity contribution in [3.8, 4) is 0 Å². The Bertz CT molecular complexity index is 275. The third-order valence-electron chi connectivity index (χ3n) is 1.16. The molecule has 0 radical (unpaired) electrons. The molecule has 0 aromatic carbocycles. The minimum atomic E-state index is 0.195. The van der Waals surface area contributed by atoms with Crippen molar-refractivity contribution in [2.45, 2.75) is 0 Å². The van der Waals surface area contributed by atoms with E-state index in [2.05, 4.69) is 16.5 Å². The number of ether oxygens (including phenoxy) is 1. The Balaban J connectivity index is 2.96. The maximum atomic E-state index is 5.53. The van der Waals surface area contributed by atoms with E-state index in [0.717, 1.165) is 0 Å². The van der Waals surface area contributed by atoms with Gasteiger partial charge >= 0.3 is 0 Å². The molecular formula is C7H7ClN2O. The summed E-state index contributed by atoms with van der Waals surface area (Å²) in [6, 6.07) is 1.68. The van der Waals surface area contributed by atoms with Crippen molar-refractivity contribution >= 4 is 17.4 Å². The number of rotatable bonds is 2. The molecular weight excluding hydrogens is 164 g/mol. The van der Waals surface area contributed by atoms with E-state index >= 15 is 0 Å². The maximum absolute atomic E-state index is 5.53. The Morgan fingerprint density at radius 2 is 2.45 bits per heavy atom. The fourth-order valence-corrected chi connectivity index (χ4v) is 0.742. The van der Waals surface area contributed by atoms with E-state index in [0.29, 0.717) is 11.5 Å². The lowest BCUT2D eigenvalue weighted by atomic mass is 10.4. The zero-order valence-corrected chi connectivity index (χ0v) is 6.80. The van der Waals surface area contributed by atoms with Crippen LogP contribution >= 0.6 is 11.6 Å². The van der Waals surface area contributed by atoms with Crippen LogP contribution < -0.4 is 0 Å². The van der Waals surface area contributed by atoms with Crippen molar-refractivity contribution in [3.05, 3.63) is 29.8 Å². The van der Waals surface area contributed by atoms with E-state index in [4.69, 9.17) is 16.3 Å². The van der Waals surface area contributed by atoms with E-state index in [-0.39, 0.29) is 5.28 Å². The Labute approximate surface area is 69.7 Å². The number of halogens is 1. The summed E-state index contributed by atoms with van der Waals surface area (Å²) < 4.78 is 4.85. The van der Waals surface area contributed by atoms with Crippen LogP contribution in [0.25, 0.3) is 5.76 Å². The SMILES string of the molecule is C=C(OC)c1ccnc(Cl)n1. The first kappa shape index (κ1) is 8.01. The molecule has 3 nitrogen and oxygen atoms in total. The molecule has 0 aliphatic rings. The monoisotopic (exact) mass is 170 g/mol. The van der Waals surface area contributed by atoms with Crippen molar-refractivity contribution in [1.82, 2.24) is 9.97 Å². The zero-order chi connectivity index (χ0) is 8.27. The van der Waals surface area contributed by atoms with Gasteiger partial charge in [-0.2, -0.15) is 0 Å². The molecule has 0 N–H and O–H groups in total. The van der Waals surface area contributed by atoms with E-state index in [9.17, 15) is 0 Å². The van der Waals surface area contributed by atoms with Gasteiger partial charge in [-0.3, -0.25) is 0 Å². The second-order valence-electron chi connectivity index (χ2n) is 1.84. The quantitative estimate of drug-likeness (QED) is 0.501. The topological polar surface area (TPSA) is 35.0 Å². The van der Waals surface area contributed by atoms with E-state index in [1.54, 1.807) is 12.3 Å². The highest BCUT2D eigenvalue weighted by Crippen LogP contribution is 2.10. The average molecular weight is 171 g/mol. The second-order valence-corrected chi connectivity index (χ2v) is 2.18. The van der Waals surface area contributed by atoms with Gasteiger partial charge in [-0.1, -0.05) is 6.58 Å². The van der Waals surface area contributed by atoms with Crippen LogP contribution in [0.15, 0.2) is 18.8 Å². The number of hydrogen-bond acceptors (Lipinski definition) is 3. The molecule has 0 atom stereocenters. The van der Waals surface area contributed by atoms with Crippen LogP contribution in [0.5, 0.6) is 0 Å². The first-order valence-electron chi connectivity index (χ1n) is 2.96. The molecule has 0 bridgehead atoms. The van der Waals surface area contributed by atoms with Gasteiger partial charge in [0.15, 0.2) is 0 Å². The molecule has 0 aliphatic carbocycles. The molecule has 0 fully saturated rings. The molecule has 11 heavy (non-hydrogen) atoms. The molecule has 0 aliphatic heterocycles. The summed E-state index contributed by atoms with van der Waals surface area (Å²) in [5, 5.41) is 0.195. The third-order valence-corrected chi connectivity index (χ3v) is 1.34. The Kier molecular flexibility index (Phi) is 2.44. The minimum absolute atomic E-state index is 0.195. The molecule has 0 saturated heterocycles. The Hall–Kier alpha value is -1.09. The highest BCUT2D eigenvalue weighted by atomic mass is 35.5. The second kappa shape index (κ2) is 3.34. The minimum Gasteiger partial charge on any atom is -0.495 e. The predicted octanol–water partition coefficient (Wildman–Crippen LogP) is 1.75. The van der Waals surface area contributed by atoms with E-state index in [1.165, 1.54) is 7.11 Å². The van der Waals surface area contributed by atoms with Gasteiger partial charge < -0.3 is 4.74 Å². The van der Waals surface area contributed by atoms with Crippen LogP contribution in [0.4, 0.5) is 0 Å². The summed E-state index contributed by atoms with van der Waals surface area (Å²) in [4.78, 5) is 7.59. The van der Waals surface area contributed by atoms with Gasteiger partial charge in [-0.25, -0.2) is 9.97 Å². The average Bonchev–Trinajstić information content (AvgIpc) is 2.03. The molecule has 1 rings (SSSR count). The van der Waals surface area contributed by atoms with Gasteiger partial charge in [0.1, 0.15) is 11.5 Å². The number of hydrogen-bond donors (Lipinski definition) is 0. The molecule has 1 heterocycles. The molecule has 0 spiro atoms. The molecule has 0 amide bonds. The largest absolute Gasteiger partial charge is 0.495 e. The standard InChI is InChI=1S/C7H7ClN2O/c1-5(11-2)6-3-4-9-7(8)10-6/h3-4H,1H2,2H3. The first-order chi connectivity index (χ1) is 5.24. The lowest BCUT2D eigenvalue weighted by Crippen LogP contribution is -1.91. The van der Waals surface area contributed by atoms with Gasteiger partial charge in [0.05, 0.1) is 7.11 Å². The number of aromatic nitrogens is 2. The van der Waals surface area contributed by atoms with Crippen molar-refractivity contribution in [3.63, 3.8) is 0 Å². The molecule has 1 aromatic rings. The lowest BCUT2D eigenvalue weighted by Gasteiger charge is -2.01. The maximum Gasteiger partial charge on any atom is 0.222 e. The Morgan fingerprint density at radius 3 is 3.00 bits per heavy atom. The van der Waals surface area contributed by atoms with Crippen molar-refractivity contribution in [2.24, 2.45) is 0 Å². The van der Waals surface area contributed by atoms with Gasteiger partial charge in [0.25, 0.3) is 0 Å². The first-order valence-corrected chi connectivity index (χ1v) is 3.33. The molecule has 58 valence electrons. The van der Waals surface area contributed by atoms with Crippen molar-refractivity contribution < 1.29 is 4.74 Å². The van der Waals surface area contributed by atoms with E-state index in [1.807, 2.05) is 0 Å². The normalized spacial score (nSPS) is 9.27. The van der Waals surface area contributed by atoms with Crippen molar-refractivity contribution in [2.75, 3.05) is 7.11 Å². The van der Waals surface area contributed by atoms with Crippen LogP contribution in [0.3, 0.4) is 0 Å². The van der Waals surface area contributed by atoms with Crippen LogP contribution in [0, 0.1) is 0 Å². The molecule has 0 unspecified atom stereocenters. The van der Waals surface area contributed by atoms with Gasteiger partial charge in [0.2, 0.25) is 5.28 Å². The summed E-state index contributed by atoms with van der Waals surface area (Å²) in [6.45, 7) is 3.61. The van der Waals surface area contributed by atoms with Crippen LogP contribution in [0.2, 0.25) is 5.28 Å². The number of methoxy groups -OCH3 is 1. The third kappa shape index (κ3) is 1.91. The fraction of sp³-hybridized carbons (Fsp3) is 0.143. The summed E-state index contributed by atoms with van der Waals surface area (Å²) in [5.41, 5.74) is 0.604. The smallest absolute Gasteiger partial charge is 0.222 e. The van der Waals surface area contributed by atoms with Gasteiger partial charge in [-0.05, 0) is 17.7 Å². The van der Waals surface area contributed by atoms with Crippen molar-refractivity contribution in [1.29, 1.82) is 0 Å². The van der Waals surface area contributed by atoms with E-state index < -0.39 is 0 Å². The lowest BCUT2D eigenvalue weighted by molar-refractivity contribution is 0.369. The van der Waals surface area contributed by atoms with Crippen LogP contribution in [0.1, 0.15) is 5.69 Å². The summed E-state index contributed by atoms with van der Waals surface area (Å²) in [6.07, 6.45) is 1.55. The summed E-state index contributed by atoms with van der Waals surface area (Å²) in [5.74, 6) is 0.481. The van der Waals surface area contributed by atoms with Gasteiger partial charge in [-0.15, -0.1) is 0 Å². The number of nitrogens with zero attached hydrogens (tertiary/aromatic N) is 2. The fourth-order valence-electron chi connectivity index (χ4n) is 0.595. The van der Waals surface area contributed by atoms with Crippen LogP contribution in [-0.4, -0.2) is 17.1 Å². The predicted molar refractivity (Wildman–Crippen MR) is 43.1 cm³/mol. The van der Waals surface area contributed by atoms with Gasteiger partial charge in [0, 0.05) is 6.20 Å². The highest BCUT2D eigenvalue weighted by molar-refractivity contribution is 6.28. The van der Waals surface area contributed by atoms with Crippen LogP contribution in [-0.2, 0) is 4.74 Å². The molecule has 4 heteroatoms. The molecule has 0 saturated carbocycles. The molecule has 1 aromatic heterocycles. The summed E-state index contributed by atoms with van der Waals surface area (Å²) in [7, 11) is 1.53. The highest BCUT2D eigenvalue weighted by Gasteiger charge is 1.99. The summed E-state index contributed by atoms with van der Waals surface area (Å²) >= 11 is 5.53.